The van der Waals surface area contributed by atoms with Crippen molar-refractivity contribution < 1.29 is 82.6 Å². The Labute approximate surface area is 398 Å². The first kappa shape index (κ1) is 59.1. The number of amides is 10. The number of aliphatic carboxylic acids is 1. The normalized spacial score (nSPS) is 22.7. The molecule has 2 saturated heterocycles. The van der Waals surface area contributed by atoms with E-state index >= 15 is 0 Å². The third-order valence-corrected chi connectivity index (χ3v) is 11.1. The number of ether oxygens (including phenoxy) is 2. The fourth-order valence-electron chi connectivity index (χ4n) is 7.47. The number of nitrogens with zero attached hydrogens (tertiary/aromatic N) is 1. The zero-order chi connectivity index (χ0) is 52.4. The van der Waals surface area contributed by atoms with Crippen molar-refractivity contribution in [2.45, 2.75) is 160 Å². The average Bonchev–Trinajstić information content (AvgIpc) is 3.76. The molecule has 0 saturated carbocycles. The number of nitrogens with two attached hydrogens (primary N) is 1. The number of hydrogen-bond acceptors (Lipinski definition) is 16. The van der Waals surface area contributed by atoms with E-state index < -0.39 is 170 Å². The minimum absolute atomic E-state index is 0.0227. The van der Waals surface area contributed by atoms with Crippen LogP contribution < -0.4 is 48.3 Å². The van der Waals surface area contributed by atoms with Crippen molar-refractivity contribution in [3.63, 3.8) is 0 Å². The Bertz CT molecular complexity index is 1870. The first-order chi connectivity index (χ1) is 32.2. The standard InChI is InChI=1S/C42H70N10O17/c1-18(2)14-25(49-37(63)24(47-22(7)54)11-12-30(58)59)38(64)46-20(5)36(62)51-32(21(6)68-42-33(48-23(8)55)35(61)34(60)27(17-53)69-42)41(67)50-31(19(3)4)40(66)45-16-29(57)52-13-9-10-26(52)39(65)44-15-28(43)56/h18-21,24-27,31-35,42,53,60-61H,9-17H2,1-8H3,(H2,43,56)(H,44,65)(H,45,66)(H,46,64)(H,47,54)(H,48,55)(H,49,63)(H,50,67)(H,51,62)(H,58,59)/t20-,21+,24-,25-,26-,27+,31-,32-,33+,34-,35+,42-/m0/s1. The Morgan fingerprint density at radius 2 is 1.36 bits per heavy atom. The molecule has 0 aromatic carbocycles. The van der Waals surface area contributed by atoms with Gasteiger partial charge in [-0.15, -0.1) is 0 Å². The van der Waals surface area contributed by atoms with Gasteiger partial charge < -0.3 is 83.1 Å². The van der Waals surface area contributed by atoms with E-state index in [0.717, 1.165) is 13.8 Å². The van der Waals surface area contributed by atoms with Crippen LogP contribution in [-0.2, 0) is 62.2 Å². The summed E-state index contributed by atoms with van der Waals surface area (Å²) in [6.07, 6.45) is -8.11. The maximum atomic E-state index is 14.3. The maximum Gasteiger partial charge on any atom is 0.303 e. The smallest absolute Gasteiger partial charge is 0.303 e. The van der Waals surface area contributed by atoms with Crippen LogP contribution >= 0.6 is 0 Å². The van der Waals surface area contributed by atoms with Crippen LogP contribution in [0.1, 0.15) is 87.5 Å². The van der Waals surface area contributed by atoms with E-state index in [1.165, 1.54) is 18.7 Å². The Hall–Kier alpha value is -6.03. The molecule has 0 aromatic rings. The molecule has 2 aliphatic heterocycles. The van der Waals surface area contributed by atoms with Gasteiger partial charge in [0, 0.05) is 26.8 Å². The van der Waals surface area contributed by atoms with Crippen LogP contribution in [0.4, 0.5) is 0 Å². The topological polar surface area (TPSA) is 413 Å². The van der Waals surface area contributed by atoms with Crippen molar-refractivity contribution in [1.82, 2.24) is 47.4 Å². The third-order valence-electron chi connectivity index (χ3n) is 11.1. The quantitative estimate of drug-likeness (QED) is 0.0384. The van der Waals surface area contributed by atoms with E-state index in [1.54, 1.807) is 27.7 Å². The molecule has 0 bridgehead atoms. The van der Waals surface area contributed by atoms with Crippen LogP contribution in [0.3, 0.4) is 0 Å². The van der Waals surface area contributed by atoms with Crippen molar-refractivity contribution in [2.75, 3.05) is 26.2 Å². The number of likely N-dealkylation sites (tertiary alicyclic amines) is 1. The van der Waals surface area contributed by atoms with Gasteiger partial charge in [0.25, 0.3) is 0 Å². The Balaban J connectivity index is 2.42. The molecule has 27 heteroatoms. The Morgan fingerprint density at radius 1 is 0.739 bits per heavy atom. The van der Waals surface area contributed by atoms with Crippen LogP contribution in [0, 0.1) is 11.8 Å². The molecule has 27 nitrogen and oxygen atoms in total. The number of rotatable bonds is 26. The number of primary amides is 1. The lowest BCUT2D eigenvalue weighted by atomic mass is 9.96. The van der Waals surface area contributed by atoms with Crippen molar-refractivity contribution in [3.8, 4) is 0 Å². The molecular formula is C42H70N10O17. The second-order valence-corrected chi connectivity index (χ2v) is 17.7. The molecule has 390 valence electrons. The summed E-state index contributed by atoms with van der Waals surface area (Å²) < 4.78 is 11.7. The third kappa shape index (κ3) is 18.8. The molecular weight excluding hydrogens is 917 g/mol. The van der Waals surface area contributed by atoms with Gasteiger partial charge in [-0.05, 0) is 51.4 Å². The number of carbonyl (C=O) groups excluding carboxylic acids is 10. The molecule has 0 aromatic heterocycles. The molecule has 2 heterocycles. The van der Waals surface area contributed by atoms with Crippen molar-refractivity contribution in [3.05, 3.63) is 0 Å². The molecule has 0 radical (unpaired) electrons. The van der Waals surface area contributed by atoms with Crippen LogP contribution in [0.2, 0.25) is 0 Å². The zero-order valence-electron chi connectivity index (χ0n) is 40.1. The highest BCUT2D eigenvalue weighted by molar-refractivity contribution is 5.97. The minimum atomic E-state index is -1.80. The van der Waals surface area contributed by atoms with E-state index in [9.17, 15) is 68.1 Å². The van der Waals surface area contributed by atoms with Crippen molar-refractivity contribution >= 4 is 65.0 Å². The van der Waals surface area contributed by atoms with Crippen LogP contribution in [0.5, 0.6) is 0 Å². The molecule has 2 rings (SSSR count). The summed E-state index contributed by atoms with van der Waals surface area (Å²) in [6, 6.07) is -9.71. The molecule has 10 amide bonds. The zero-order valence-corrected chi connectivity index (χ0v) is 40.1. The monoisotopic (exact) mass is 986 g/mol. The lowest BCUT2D eigenvalue weighted by Crippen LogP contribution is -2.66. The van der Waals surface area contributed by atoms with Gasteiger partial charge in [0.05, 0.1) is 25.8 Å². The van der Waals surface area contributed by atoms with Gasteiger partial charge in [-0.3, -0.25) is 52.7 Å². The largest absolute Gasteiger partial charge is 0.481 e. The van der Waals surface area contributed by atoms with Gasteiger partial charge in [0.2, 0.25) is 59.1 Å². The van der Waals surface area contributed by atoms with Crippen LogP contribution in [-0.4, -0.2) is 190 Å². The van der Waals surface area contributed by atoms with E-state index in [4.69, 9.17) is 20.3 Å². The van der Waals surface area contributed by atoms with Gasteiger partial charge >= 0.3 is 5.97 Å². The van der Waals surface area contributed by atoms with Crippen LogP contribution in [0.25, 0.3) is 0 Å². The average molecular weight is 987 g/mol. The number of aliphatic hydroxyl groups excluding tert-OH is 3. The molecule has 12 atom stereocenters. The Kier molecular flexibility index (Phi) is 23.8. The molecule has 0 spiro atoms. The summed E-state index contributed by atoms with van der Waals surface area (Å²) >= 11 is 0. The molecule has 2 fully saturated rings. The maximum absolute atomic E-state index is 14.3. The number of carboxylic acids is 1. The summed E-state index contributed by atoms with van der Waals surface area (Å²) in [5.74, 6) is -10.2. The van der Waals surface area contributed by atoms with Gasteiger partial charge in [-0.1, -0.05) is 27.7 Å². The summed E-state index contributed by atoms with van der Waals surface area (Å²) in [4.78, 5) is 142. The number of hydrogen-bond donors (Lipinski definition) is 13. The van der Waals surface area contributed by atoms with E-state index in [1.807, 2.05) is 0 Å². The lowest BCUT2D eigenvalue weighted by molar-refractivity contribution is -0.281. The SMILES string of the molecule is CC(=O)N[C@H]1[C@@H](O[C@H](C)[C@H](NC(=O)[C@H](C)NC(=O)[C@H](CC(C)C)NC(=O)[C@H](CCC(=O)O)NC(C)=O)C(=O)N[C@H](C(=O)NCC(=O)N2CCC[C@H]2C(=O)NCC(N)=O)C(C)C)O[C@H](CO)[C@H](O)[C@@H]1O. The number of carboxylic acid groups (broad SMARTS) is 1. The van der Waals surface area contributed by atoms with Gasteiger partial charge in [-0.2, -0.15) is 0 Å². The Morgan fingerprint density at radius 3 is 1.91 bits per heavy atom. The fourth-order valence-corrected chi connectivity index (χ4v) is 7.47. The summed E-state index contributed by atoms with van der Waals surface area (Å²) in [6.45, 7) is 9.63. The van der Waals surface area contributed by atoms with E-state index in [0.29, 0.717) is 6.42 Å². The van der Waals surface area contributed by atoms with Crippen molar-refractivity contribution in [2.24, 2.45) is 17.6 Å². The van der Waals surface area contributed by atoms with E-state index in [2.05, 4.69) is 42.5 Å². The number of carbonyl (C=O) groups is 11. The minimum Gasteiger partial charge on any atom is -0.481 e. The predicted octanol–water partition coefficient (Wildman–Crippen LogP) is -5.93. The highest BCUT2D eigenvalue weighted by Crippen LogP contribution is 2.24. The summed E-state index contributed by atoms with van der Waals surface area (Å²) in [7, 11) is 0. The summed E-state index contributed by atoms with van der Waals surface area (Å²) in [5.41, 5.74) is 5.11. The van der Waals surface area contributed by atoms with Gasteiger partial charge in [-0.25, -0.2) is 0 Å². The van der Waals surface area contributed by atoms with Crippen LogP contribution in [0.15, 0.2) is 0 Å². The highest BCUT2D eigenvalue weighted by Gasteiger charge is 2.47. The van der Waals surface area contributed by atoms with E-state index in [-0.39, 0.29) is 31.7 Å². The molecule has 2 aliphatic rings. The van der Waals surface area contributed by atoms with Gasteiger partial charge in [0.1, 0.15) is 60.6 Å². The highest BCUT2D eigenvalue weighted by atomic mass is 16.7. The first-order valence-corrected chi connectivity index (χ1v) is 22.6. The van der Waals surface area contributed by atoms with Crippen molar-refractivity contribution in [1.29, 1.82) is 0 Å². The second-order valence-electron chi connectivity index (χ2n) is 17.7. The summed E-state index contributed by atoms with van der Waals surface area (Å²) in [5, 5.41) is 59.9. The number of nitrogens with one attached hydrogen (secondary N) is 8. The first-order valence-electron chi connectivity index (χ1n) is 22.6. The fraction of sp³-hybridized carbons (Fsp3) is 0.738. The van der Waals surface area contributed by atoms with Gasteiger partial charge in [0.15, 0.2) is 6.29 Å². The predicted molar refractivity (Wildman–Crippen MR) is 238 cm³/mol. The molecule has 0 unspecified atom stereocenters. The number of aliphatic hydroxyl groups is 3. The molecule has 14 N–H and O–H groups in total. The second kappa shape index (κ2) is 27.8. The molecule has 0 aliphatic carbocycles. The molecule has 69 heavy (non-hydrogen) atoms. The lowest BCUT2D eigenvalue weighted by Gasteiger charge is -2.43.